The summed E-state index contributed by atoms with van der Waals surface area (Å²) in [5.41, 5.74) is 0.535. The van der Waals surface area contributed by atoms with E-state index in [1.807, 2.05) is 13.8 Å². The Morgan fingerprint density at radius 1 is 1.19 bits per heavy atom. The molecular weight excluding hydrogens is 200 g/mol. The van der Waals surface area contributed by atoms with Crippen LogP contribution in [0.25, 0.3) is 0 Å². The van der Waals surface area contributed by atoms with E-state index in [2.05, 4.69) is 17.1 Å². The predicted molar refractivity (Wildman–Crippen MR) is 68.8 cm³/mol. The largest absolute Gasteiger partial charge is 0.381 e. The van der Waals surface area contributed by atoms with Gasteiger partial charge in [0.05, 0.1) is 6.61 Å². The maximum atomic E-state index is 5.56. The van der Waals surface area contributed by atoms with Gasteiger partial charge in [-0.25, -0.2) is 0 Å². The molecule has 1 heterocycles. The average Bonchev–Trinajstić information content (AvgIpc) is 3.11. The van der Waals surface area contributed by atoms with E-state index >= 15 is 0 Å². The summed E-state index contributed by atoms with van der Waals surface area (Å²) in [6, 6.07) is 0. The van der Waals surface area contributed by atoms with Gasteiger partial charge in [-0.2, -0.15) is 0 Å². The number of piperazine rings is 1. The van der Waals surface area contributed by atoms with Crippen LogP contribution in [0.2, 0.25) is 0 Å². The smallest absolute Gasteiger partial charge is 0.0534 e. The molecule has 0 atom stereocenters. The fraction of sp³-hybridized carbons (Fsp3) is 1.00. The second-order valence-electron chi connectivity index (χ2n) is 4.66. The van der Waals surface area contributed by atoms with E-state index in [-0.39, 0.29) is 0 Å². The van der Waals surface area contributed by atoms with Gasteiger partial charge >= 0.3 is 0 Å². The van der Waals surface area contributed by atoms with E-state index < -0.39 is 0 Å². The van der Waals surface area contributed by atoms with Gasteiger partial charge in [0.2, 0.25) is 0 Å². The summed E-state index contributed by atoms with van der Waals surface area (Å²) in [5.74, 6) is 0. The molecule has 1 saturated heterocycles. The summed E-state index contributed by atoms with van der Waals surface area (Å²) in [7, 11) is 0. The molecule has 1 N–H and O–H groups in total. The van der Waals surface area contributed by atoms with Gasteiger partial charge in [-0.15, -0.1) is 0 Å². The maximum Gasteiger partial charge on any atom is 0.0534 e. The van der Waals surface area contributed by atoms with E-state index in [0.717, 1.165) is 26.3 Å². The number of hydrogen-bond acceptors (Lipinski definition) is 3. The summed E-state index contributed by atoms with van der Waals surface area (Å²) >= 11 is 0. The molecule has 0 spiro atoms. The summed E-state index contributed by atoms with van der Waals surface area (Å²) in [5, 5.41) is 3.39. The van der Waals surface area contributed by atoms with Gasteiger partial charge in [0.15, 0.2) is 0 Å². The molecule has 16 heavy (non-hydrogen) atoms. The van der Waals surface area contributed by atoms with Crippen LogP contribution >= 0.6 is 0 Å². The third-order valence-electron chi connectivity index (χ3n) is 3.34. The Hall–Kier alpha value is -0.120. The number of ether oxygens (including phenoxy) is 1. The minimum Gasteiger partial charge on any atom is -0.381 e. The van der Waals surface area contributed by atoms with Crippen LogP contribution in [-0.2, 0) is 4.74 Å². The number of nitrogens with zero attached hydrogens (tertiary/aromatic N) is 1. The standard InChI is InChI=1S/C11H22N2O.C2H6/c1-2-14-10-11(3-4-11)9-13-7-5-12-6-8-13;1-2/h12H,2-10H2,1H3;1-2H3. The van der Waals surface area contributed by atoms with Gasteiger partial charge in [0, 0.05) is 44.7 Å². The van der Waals surface area contributed by atoms with Crippen LogP contribution in [0.15, 0.2) is 0 Å². The van der Waals surface area contributed by atoms with E-state index in [9.17, 15) is 0 Å². The number of rotatable bonds is 5. The lowest BCUT2D eigenvalue weighted by Crippen LogP contribution is -2.46. The fourth-order valence-electron chi connectivity index (χ4n) is 2.19. The number of nitrogens with one attached hydrogen (secondary N) is 1. The van der Waals surface area contributed by atoms with Crippen LogP contribution in [-0.4, -0.2) is 50.8 Å². The van der Waals surface area contributed by atoms with Gasteiger partial charge in [0.1, 0.15) is 0 Å². The summed E-state index contributed by atoms with van der Waals surface area (Å²) in [6.45, 7) is 13.9. The lowest BCUT2D eigenvalue weighted by molar-refractivity contribution is 0.0753. The lowest BCUT2D eigenvalue weighted by Gasteiger charge is -2.30. The maximum absolute atomic E-state index is 5.56. The molecule has 3 heteroatoms. The quantitative estimate of drug-likeness (QED) is 0.775. The monoisotopic (exact) mass is 228 g/mol. The highest BCUT2D eigenvalue weighted by atomic mass is 16.5. The Kier molecular flexibility index (Phi) is 6.32. The van der Waals surface area contributed by atoms with Crippen LogP contribution < -0.4 is 5.32 Å². The normalized spacial score (nSPS) is 23.4. The Labute approximate surface area is 101 Å². The molecule has 0 amide bonds. The molecule has 0 bridgehead atoms. The van der Waals surface area contributed by atoms with Crippen molar-refractivity contribution in [3.8, 4) is 0 Å². The van der Waals surface area contributed by atoms with Crippen molar-refractivity contribution in [3.63, 3.8) is 0 Å². The Bertz CT molecular complexity index is 175. The topological polar surface area (TPSA) is 24.5 Å². The van der Waals surface area contributed by atoms with Crippen molar-refractivity contribution in [2.75, 3.05) is 45.9 Å². The third kappa shape index (κ3) is 4.40. The van der Waals surface area contributed by atoms with Crippen molar-refractivity contribution >= 4 is 0 Å². The minimum atomic E-state index is 0.535. The molecule has 3 nitrogen and oxygen atoms in total. The zero-order chi connectivity index (χ0) is 11.9. The van der Waals surface area contributed by atoms with Crippen molar-refractivity contribution in [3.05, 3.63) is 0 Å². The SMILES string of the molecule is CC.CCOCC1(CN2CCNCC2)CC1. The second kappa shape index (κ2) is 7.25. The Balaban J connectivity index is 0.000000606. The molecule has 0 aromatic rings. The minimum absolute atomic E-state index is 0.535. The molecule has 1 aliphatic heterocycles. The third-order valence-corrected chi connectivity index (χ3v) is 3.34. The van der Waals surface area contributed by atoms with E-state index in [4.69, 9.17) is 4.74 Å². The highest BCUT2D eigenvalue weighted by Crippen LogP contribution is 2.46. The lowest BCUT2D eigenvalue weighted by atomic mass is 10.1. The second-order valence-corrected chi connectivity index (χ2v) is 4.66. The highest BCUT2D eigenvalue weighted by molar-refractivity contribution is 4.96. The van der Waals surface area contributed by atoms with Crippen LogP contribution in [0.3, 0.4) is 0 Å². The Morgan fingerprint density at radius 2 is 1.81 bits per heavy atom. The summed E-state index contributed by atoms with van der Waals surface area (Å²) < 4.78 is 5.56. The van der Waals surface area contributed by atoms with Crippen molar-refractivity contribution in [1.82, 2.24) is 10.2 Å². The zero-order valence-corrected chi connectivity index (χ0v) is 11.2. The first-order valence-electron chi connectivity index (χ1n) is 6.85. The van der Waals surface area contributed by atoms with Gasteiger partial charge in [-0.1, -0.05) is 13.8 Å². The van der Waals surface area contributed by atoms with Crippen molar-refractivity contribution < 1.29 is 4.74 Å². The van der Waals surface area contributed by atoms with Crippen LogP contribution in [0, 0.1) is 5.41 Å². The molecule has 2 aliphatic rings. The predicted octanol–water partition coefficient (Wildman–Crippen LogP) is 1.73. The average molecular weight is 228 g/mol. The van der Waals surface area contributed by atoms with Gasteiger partial charge in [-0.05, 0) is 19.8 Å². The molecule has 1 aliphatic carbocycles. The first kappa shape index (κ1) is 13.9. The molecule has 1 saturated carbocycles. The summed E-state index contributed by atoms with van der Waals surface area (Å²) in [4.78, 5) is 2.59. The van der Waals surface area contributed by atoms with Crippen molar-refractivity contribution in [2.24, 2.45) is 5.41 Å². The van der Waals surface area contributed by atoms with E-state index in [0.29, 0.717) is 5.41 Å². The Morgan fingerprint density at radius 3 is 2.31 bits per heavy atom. The highest BCUT2D eigenvalue weighted by Gasteiger charge is 2.44. The van der Waals surface area contributed by atoms with Gasteiger partial charge in [-0.3, -0.25) is 0 Å². The van der Waals surface area contributed by atoms with Crippen molar-refractivity contribution in [2.45, 2.75) is 33.6 Å². The van der Waals surface area contributed by atoms with Gasteiger partial charge in [0.25, 0.3) is 0 Å². The van der Waals surface area contributed by atoms with E-state index in [1.54, 1.807) is 0 Å². The molecule has 96 valence electrons. The summed E-state index contributed by atoms with van der Waals surface area (Å²) in [6.07, 6.45) is 2.74. The molecule has 2 rings (SSSR count). The number of hydrogen-bond donors (Lipinski definition) is 1. The molecule has 2 fully saturated rings. The molecule has 0 aromatic heterocycles. The molecule has 0 aromatic carbocycles. The van der Waals surface area contributed by atoms with Crippen LogP contribution in [0.1, 0.15) is 33.6 Å². The molecular formula is C13H28N2O. The first-order valence-corrected chi connectivity index (χ1v) is 6.85. The fourth-order valence-corrected chi connectivity index (χ4v) is 2.19. The van der Waals surface area contributed by atoms with Crippen LogP contribution in [0.4, 0.5) is 0 Å². The zero-order valence-electron chi connectivity index (χ0n) is 11.2. The van der Waals surface area contributed by atoms with Crippen molar-refractivity contribution in [1.29, 1.82) is 0 Å². The molecule has 0 unspecified atom stereocenters. The van der Waals surface area contributed by atoms with Gasteiger partial charge < -0.3 is 15.0 Å². The van der Waals surface area contributed by atoms with Crippen LogP contribution in [0.5, 0.6) is 0 Å². The van der Waals surface area contributed by atoms with E-state index in [1.165, 1.54) is 32.5 Å². The molecule has 0 radical (unpaired) electrons. The first-order chi connectivity index (χ1) is 7.85.